The van der Waals surface area contributed by atoms with E-state index in [4.69, 9.17) is 0 Å². The third-order valence-electron chi connectivity index (χ3n) is 3.31. The summed E-state index contributed by atoms with van der Waals surface area (Å²) in [6, 6.07) is 7.70. The van der Waals surface area contributed by atoms with Crippen molar-refractivity contribution in [1.82, 2.24) is 0 Å². The number of benzene rings is 2. The first kappa shape index (κ1) is 17.8. The Morgan fingerprint density at radius 2 is 1.65 bits per heavy atom. The number of alkyl halides is 3. The molecule has 0 aromatic heterocycles. The van der Waals surface area contributed by atoms with E-state index in [1.54, 1.807) is 18.2 Å². The molecule has 2 aromatic carbocycles. The van der Waals surface area contributed by atoms with Crippen LogP contribution in [0.4, 0.5) is 18.9 Å². The van der Waals surface area contributed by atoms with Gasteiger partial charge in [-0.25, -0.2) is 8.42 Å². The number of rotatable bonds is 3. The van der Waals surface area contributed by atoms with E-state index in [0.29, 0.717) is 11.8 Å². The van der Waals surface area contributed by atoms with Gasteiger partial charge >= 0.3 is 6.18 Å². The number of anilines is 1. The van der Waals surface area contributed by atoms with E-state index in [1.807, 2.05) is 13.8 Å². The van der Waals surface area contributed by atoms with Gasteiger partial charge in [0.15, 0.2) is 0 Å². The van der Waals surface area contributed by atoms with Gasteiger partial charge in [0, 0.05) is 10.2 Å². The van der Waals surface area contributed by atoms with Crippen LogP contribution in [0.3, 0.4) is 0 Å². The fraction of sp³-hybridized carbons (Fsp3) is 0.200. The molecule has 0 bridgehead atoms. The first-order chi connectivity index (χ1) is 10.5. The van der Waals surface area contributed by atoms with E-state index < -0.39 is 26.7 Å². The van der Waals surface area contributed by atoms with Crippen molar-refractivity contribution in [3.63, 3.8) is 0 Å². The predicted molar refractivity (Wildman–Crippen MR) is 85.9 cm³/mol. The number of aryl methyl sites for hydroxylation is 2. The van der Waals surface area contributed by atoms with Crippen molar-refractivity contribution in [3.05, 3.63) is 57.6 Å². The molecule has 0 fully saturated rings. The van der Waals surface area contributed by atoms with Crippen molar-refractivity contribution in [2.75, 3.05) is 4.72 Å². The van der Waals surface area contributed by atoms with E-state index in [0.717, 1.165) is 23.3 Å². The van der Waals surface area contributed by atoms with Gasteiger partial charge in [0.25, 0.3) is 10.0 Å². The maximum atomic E-state index is 12.9. The Hall–Kier alpha value is -1.54. The van der Waals surface area contributed by atoms with Gasteiger partial charge in [-0.05, 0) is 55.3 Å². The first-order valence-electron chi connectivity index (χ1n) is 6.47. The number of hydrogen-bond donors (Lipinski definition) is 1. The molecule has 0 saturated heterocycles. The van der Waals surface area contributed by atoms with Gasteiger partial charge in [-0.1, -0.05) is 22.0 Å². The summed E-state index contributed by atoms with van der Waals surface area (Å²) in [7, 11) is -4.11. The summed E-state index contributed by atoms with van der Waals surface area (Å²) >= 11 is 2.78. The summed E-state index contributed by atoms with van der Waals surface area (Å²) in [5.74, 6) is 0. The SMILES string of the molecule is Cc1ccc(NS(=O)(=O)c2ccc(Br)c(C(F)(F)F)c2)cc1C. The van der Waals surface area contributed by atoms with Gasteiger partial charge in [-0.3, -0.25) is 4.72 Å². The van der Waals surface area contributed by atoms with Crippen molar-refractivity contribution in [2.45, 2.75) is 24.9 Å². The molecule has 0 unspecified atom stereocenters. The van der Waals surface area contributed by atoms with Crippen molar-refractivity contribution in [3.8, 4) is 0 Å². The minimum Gasteiger partial charge on any atom is -0.280 e. The monoisotopic (exact) mass is 407 g/mol. The standard InChI is InChI=1S/C15H13BrF3NO2S/c1-9-3-4-11(7-10(9)2)20-23(21,22)12-5-6-14(16)13(8-12)15(17,18)19/h3-8,20H,1-2H3. The summed E-state index contributed by atoms with van der Waals surface area (Å²) in [6.07, 6.45) is -4.65. The highest BCUT2D eigenvalue weighted by Crippen LogP contribution is 2.36. The predicted octanol–water partition coefficient (Wildman–Crippen LogP) is 4.89. The Balaban J connectivity index is 2.42. The van der Waals surface area contributed by atoms with Crippen LogP contribution in [0, 0.1) is 13.8 Å². The van der Waals surface area contributed by atoms with Crippen LogP contribution in [0.25, 0.3) is 0 Å². The smallest absolute Gasteiger partial charge is 0.280 e. The zero-order valence-corrected chi connectivity index (χ0v) is 14.6. The van der Waals surface area contributed by atoms with Crippen molar-refractivity contribution < 1.29 is 21.6 Å². The van der Waals surface area contributed by atoms with Gasteiger partial charge in [-0.2, -0.15) is 13.2 Å². The highest BCUT2D eigenvalue weighted by atomic mass is 79.9. The molecule has 0 atom stereocenters. The summed E-state index contributed by atoms with van der Waals surface area (Å²) in [5, 5.41) is 0. The number of halogens is 4. The molecule has 3 nitrogen and oxygen atoms in total. The third-order valence-corrected chi connectivity index (χ3v) is 5.38. The Kier molecular flexibility index (Phi) is 4.77. The highest BCUT2D eigenvalue weighted by molar-refractivity contribution is 9.10. The van der Waals surface area contributed by atoms with Crippen molar-refractivity contribution in [1.29, 1.82) is 0 Å². The molecular formula is C15H13BrF3NO2S. The third kappa shape index (κ3) is 4.06. The van der Waals surface area contributed by atoms with Gasteiger partial charge in [0.1, 0.15) is 0 Å². The molecule has 2 rings (SSSR count). The molecule has 124 valence electrons. The number of hydrogen-bond acceptors (Lipinski definition) is 2. The van der Waals surface area contributed by atoms with E-state index in [-0.39, 0.29) is 4.47 Å². The summed E-state index contributed by atoms with van der Waals surface area (Å²) < 4.78 is 65.4. The Morgan fingerprint density at radius 1 is 1.00 bits per heavy atom. The van der Waals surface area contributed by atoms with Crippen LogP contribution < -0.4 is 4.72 Å². The van der Waals surface area contributed by atoms with E-state index in [1.165, 1.54) is 0 Å². The van der Waals surface area contributed by atoms with Crippen LogP contribution in [0.5, 0.6) is 0 Å². The van der Waals surface area contributed by atoms with Gasteiger partial charge in [-0.15, -0.1) is 0 Å². The lowest BCUT2D eigenvalue weighted by molar-refractivity contribution is -0.138. The molecule has 2 aromatic rings. The average molecular weight is 408 g/mol. The second-order valence-electron chi connectivity index (χ2n) is 5.04. The lowest BCUT2D eigenvalue weighted by Crippen LogP contribution is -2.15. The lowest BCUT2D eigenvalue weighted by Gasteiger charge is -2.13. The van der Waals surface area contributed by atoms with Crippen LogP contribution in [0.2, 0.25) is 0 Å². The zero-order valence-electron chi connectivity index (χ0n) is 12.2. The zero-order chi connectivity index (χ0) is 17.4. The molecule has 8 heteroatoms. The molecule has 0 amide bonds. The van der Waals surface area contributed by atoms with Crippen LogP contribution in [0.15, 0.2) is 45.8 Å². The van der Waals surface area contributed by atoms with Crippen molar-refractivity contribution in [2.24, 2.45) is 0 Å². The normalized spacial score (nSPS) is 12.3. The molecule has 0 radical (unpaired) electrons. The molecule has 0 aliphatic rings. The van der Waals surface area contributed by atoms with Crippen LogP contribution in [-0.4, -0.2) is 8.42 Å². The minimum absolute atomic E-state index is 0.213. The maximum Gasteiger partial charge on any atom is 0.417 e. The average Bonchev–Trinajstić information content (AvgIpc) is 2.41. The lowest BCUT2D eigenvalue weighted by atomic mass is 10.1. The summed E-state index contributed by atoms with van der Waals surface area (Å²) in [5.41, 5.74) is 1.11. The molecule has 0 aliphatic heterocycles. The molecule has 0 saturated carbocycles. The number of nitrogens with one attached hydrogen (secondary N) is 1. The molecule has 0 spiro atoms. The Labute approximate surface area is 140 Å². The van der Waals surface area contributed by atoms with E-state index in [2.05, 4.69) is 20.7 Å². The highest BCUT2D eigenvalue weighted by Gasteiger charge is 2.34. The fourth-order valence-electron chi connectivity index (χ4n) is 1.91. The maximum absolute atomic E-state index is 12.9. The summed E-state index contributed by atoms with van der Waals surface area (Å²) in [4.78, 5) is -0.453. The second kappa shape index (κ2) is 6.16. The first-order valence-corrected chi connectivity index (χ1v) is 8.75. The molecule has 1 N–H and O–H groups in total. The summed E-state index contributed by atoms with van der Waals surface area (Å²) in [6.45, 7) is 3.69. The van der Waals surface area contributed by atoms with E-state index >= 15 is 0 Å². The largest absolute Gasteiger partial charge is 0.417 e. The fourth-order valence-corrected chi connectivity index (χ4v) is 3.45. The topological polar surface area (TPSA) is 46.2 Å². The van der Waals surface area contributed by atoms with Gasteiger partial charge in [0.05, 0.1) is 10.5 Å². The van der Waals surface area contributed by atoms with Crippen molar-refractivity contribution >= 4 is 31.6 Å². The molecular weight excluding hydrogens is 395 g/mol. The Morgan fingerprint density at radius 3 is 2.22 bits per heavy atom. The quantitative estimate of drug-likeness (QED) is 0.787. The molecule has 0 heterocycles. The molecule has 23 heavy (non-hydrogen) atoms. The van der Waals surface area contributed by atoms with Gasteiger partial charge < -0.3 is 0 Å². The second-order valence-corrected chi connectivity index (χ2v) is 7.58. The minimum atomic E-state index is -4.65. The van der Waals surface area contributed by atoms with Crippen LogP contribution in [-0.2, 0) is 16.2 Å². The van der Waals surface area contributed by atoms with E-state index in [9.17, 15) is 21.6 Å². The molecule has 0 aliphatic carbocycles. The number of sulfonamides is 1. The van der Waals surface area contributed by atoms with Gasteiger partial charge in [0.2, 0.25) is 0 Å². The Bertz CT molecular complexity index is 848. The van der Waals surface area contributed by atoms with Crippen LogP contribution in [0.1, 0.15) is 16.7 Å². The van der Waals surface area contributed by atoms with Crippen LogP contribution >= 0.6 is 15.9 Å².